The molecule has 1 aliphatic carbocycles. The molecule has 1 unspecified atom stereocenters. The first kappa shape index (κ1) is 14.2. The van der Waals surface area contributed by atoms with Gasteiger partial charge in [-0.2, -0.15) is 0 Å². The number of ether oxygens (including phenoxy) is 3. The second-order valence-electron chi connectivity index (χ2n) is 5.72. The highest BCUT2D eigenvalue weighted by Crippen LogP contribution is 2.43. The first-order valence-corrected chi connectivity index (χ1v) is 8.40. The molecule has 1 heterocycles. The third kappa shape index (κ3) is 2.82. The Kier molecular flexibility index (Phi) is 4.22. The Hall–Kier alpha value is -0.740. The highest BCUT2D eigenvalue weighted by molar-refractivity contribution is 9.08. The van der Waals surface area contributed by atoms with E-state index in [4.69, 9.17) is 14.2 Å². The molecule has 0 bridgehead atoms. The molecular weight excluding hydrogens is 320 g/mol. The van der Waals surface area contributed by atoms with Crippen LogP contribution < -0.4 is 9.47 Å². The average Bonchev–Trinajstić information content (AvgIpc) is 2.46. The Bertz CT molecular complexity index is 471. The number of hydrogen-bond acceptors (Lipinski definition) is 3. The molecule has 1 atom stereocenters. The summed E-state index contributed by atoms with van der Waals surface area (Å²) in [6.07, 6.45) is 5.97. The predicted octanol–water partition coefficient (Wildman–Crippen LogP) is 4.07. The highest BCUT2D eigenvalue weighted by atomic mass is 79.9. The van der Waals surface area contributed by atoms with Gasteiger partial charge >= 0.3 is 0 Å². The van der Waals surface area contributed by atoms with E-state index in [-0.39, 0.29) is 11.7 Å². The van der Waals surface area contributed by atoms with Gasteiger partial charge in [0.2, 0.25) is 0 Å². The van der Waals surface area contributed by atoms with Gasteiger partial charge in [0, 0.05) is 23.7 Å². The molecule has 1 aliphatic heterocycles. The van der Waals surface area contributed by atoms with E-state index in [0.29, 0.717) is 0 Å². The summed E-state index contributed by atoms with van der Waals surface area (Å²) in [5.41, 5.74) is 1.27. The third-order valence-electron chi connectivity index (χ3n) is 4.42. The van der Waals surface area contributed by atoms with Crippen molar-refractivity contribution in [2.45, 2.75) is 49.1 Å². The van der Waals surface area contributed by atoms with E-state index in [2.05, 4.69) is 15.9 Å². The summed E-state index contributed by atoms with van der Waals surface area (Å²) in [5, 5.41) is 0.772. The SMILES string of the molecule is COc1ccc(OC2CCOC3(CCC3)C2)c(CBr)c1. The summed E-state index contributed by atoms with van der Waals surface area (Å²) in [7, 11) is 1.69. The van der Waals surface area contributed by atoms with Gasteiger partial charge in [-0.05, 0) is 37.5 Å². The van der Waals surface area contributed by atoms with Crippen LogP contribution in [0, 0.1) is 0 Å². The minimum Gasteiger partial charge on any atom is -0.497 e. The number of hydrogen-bond donors (Lipinski definition) is 0. The number of alkyl halides is 1. The van der Waals surface area contributed by atoms with Gasteiger partial charge in [0.05, 0.1) is 19.3 Å². The minimum atomic E-state index is 0.129. The molecule has 0 N–H and O–H groups in total. The van der Waals surface area contributed by atoms with E-state index in [1.165, 1.54) is 19.3 Å². The van der Waals surface area contributed by atoms with Gasteiger partial charge in [0.1, 0.15) is 17.6 Å². The normalized spacial score (nSPS) is 24.2. The fourth-order valence-electron chi connectivity index (χ4n) is 3.08. The summed E-state index contributed by atoms with van der Waals surface area (Å²) in [5.74, 6) is 1.83. The number of halogens is 1. The smallest absolute Gasteiger partial charge is 0.124 e. The maximum atomic E-state index is 6.24. The lowest BCUT2D eigenvalue weighted by Gasteiger charge is -2.47. The number of benzene rings is 1. The minimum absolute atomic E-state index is 0.129. The first-order chi connectivity index (χ1) is 9.74. The molecule has 1 spiro atoms. The maximum absolute atomic E-state index is 6.24. The molecular formula is C16H21BrO3. The van der Waals surface area contributed by atoms with Crippen molar-refractivity contribution in [1.82, 2.24) is 0 Å². The van der Waals surface area contributed by atoms with Crippen molar-refractivity contribution in [3.63, 3.8) is 0 Å². The zero-order chi connectivity index (χ0) is 14.0. The van der Waals surface area contributed by atoms with E-state index >= 15 is 0 Å². The van der Waals surface area contributed by atoms with Crippen LogP contribution in [-0.4, -0.2) is 25.4 Å². The van der Waals surface area contributed by atoms with Gasteiger partial charge in [0.15, 0.2) is 0 Å². The lowest BCUT2D eigenvalue weighted by atomic mass is 9.74. The summed E-state index contributed by atoms with van der Waals surface area (Å²) in [6, 6.07) is 6.00. The van der Waals surface area contributed by atoms with Crippen molar-refractivity contribution in [1.29, 1.82) is 0 Å². The van der Waals surface area contributed by atoms with Crippen LogP contribution in [-0.2, 0) is 10.1 Å². The molecule has 0 aromatic heterocycles. The molecule has 3 rings (SSSR count). The lowest BCUT2D eigenvalue weighted by Crippen LogP contribution is -2.48. The fraction of sp³-hybridized carbons (Fsp3) is 0.625. The van der Waals surface area contributed by atoms with Crippen LogP contribution in [0.25, 0.3) is 0 Å². The zero-order valence-corrected chi connectivity index (χ0v) is 13.4. The van der Waals surface area contributed by atoms with Gasteiger partial charge in [-0.3, -0.25) is 0 Å². The van der Waals surface area contributed by atoms with Crippen LogP contribution in [0.4, 0.5) is 0 Å². The monoisotopic (exact) mass is 340 g/mol. The Morgan fingerprint density at radius 3 is 2.90 bits per heavy atom. The van der Waals surface area contributed by atoms with Crippen molar-refractivity contribution < 1.29 is 14.2 Å². The van der Waals surface area contributed by atoms with Crippen molar-refractivity contribution in [3.8, 4) is 11.5 Å². The topological polar surface area (TPSA) is 27.7 Å². The van der Waals surface area contributed by atoms with Gasteiger partial charge in [-0.25, -0.2) is 0 Å². The van der Waals surface area contributed by atoms with Gasteiger partial charge < -0.3 is 14.2 Å². The molecule has 20 heavy (non-hydrogen) atoms. The molecule has 2 aliphatic rings. The largest absolute Gasteiger partial charge is 0.497 e. The molecule has 1 saturated carbocycles. The maximum Gasteiger partial charge on any atom is 0.124 e. The predicted molar refractivity (Wildman–Crippen MR) is 81.8 cm³/mol. The van der Waals surface area contributed by atoms with Crippen molar-refractivity contribution in [3.05, 3.63) is 23.8 Å². The van der Waals surface area contributed by atoms with Crippen molar-refractivity contribution in [2.24, 2.45) is 0 Å². The van der Waals surface area contributed by atoms with Crippen LogP contribution in [0.3, 0.4) is 0 Å². The van der Waals surface area contributed by atoms with Crippen LogP contribution in [0.15, 0.2) is 18.2 Å². The highest BCUT2D eigenvalue weighted by Gasteiger charge is 2.43. The second-order valence-corrected chi connectivity index (χ2v) is 6.29. The van der Waals surface area contributed by atoms with Gasteiger partial charge in [0.25, 0.3) is 0 Å². The lowest BCUT2D eigenvalue weighted by molar-refractivity contribution is -0.153. The summed E-state index contributed by atoms with van der Waals surface area (Å²) in [6.45, 7) is 0.824. The summed E-state index contributed by atoms with van der Waals surface area (Å²) < 4.78 is 17.5. The number of rotatable bonds is 4. The Balaban J connectivity index is 1.70. The van der Waals surface area contributed by atoms with E-state index in [1.54, 1.807) is 7.11 Å². The van der Waals surface area contributed by atoms with Gasteiger partial charge in [-0.1, -0.05) is 15.9 Å². The van der Waals surface area contributed by atoms with Crippen LogP contribution in [0.2, 0.25) is 0 Å². The molecule has 0 radical (unpaired) electrons. The third-order valence-corrected chi connectivity index (χ3v) is 5.02. The Morgan fingerprint density at radius 2 is 2.25 bits per heavy atom. The molecule has 3 nitrogen and oxygen atoms in total. The van der Waals surface area contributed by atoms with Crippen LogP contribution >= 0.6 is 15.9 Å². The first-order valence-electron chi connectivity index (χ1n) is 7.28. The van der Waals surface area contributed by atoms with E-state index in [9.17, 15) is 0 Å². The van der Waals surface area contributed by atoms with E-state index < -0.39 is 0 Å². The second kappa shape index (κ2) is 5.94. The molecule has 110 valence electrons. The number of methoxy groups -OCH3 is 1. The van der Waals surface area contributed by atoms with Crippen molar-refractivity contribution in [2.75, 3.05) is 13.7 Å². The summed E-state index contributed by atoms with van der Waals surface area (Å²) in [4.78, 5) is 0. The van der Waals surface area contributed by atoms with E-state index in [0.717, 1.165) is 41.8 Å². The van der Waals surface area contributed by atoms with E-state index in [1.807, 2.05) is 18.2 Å². The fourth-order valence-corrected chi connectivity index (χ4v) is 3.52. The molecule has 0 amide bonds. The Labute approximate surface area is 128 Å². The molecule has 1 aromatic carbocycles. The average molecular weight is 341 g/mol. The molecule has 2 fully saturated rings. The standard InChI is InChI=1S/C16H21BrO3/c1-18-13-3-4-15(12(9-13)11-17)20-14-5-8-19-16(10-14)6-2-7-16/h3-4,9,14H,2,5-8,10-11H2,1H3. The molecule has 1 aromatic rings. The van der Waals surface area contributed by atoms with Crippen molar-refractivity contribution >= 4 is 15.9 Å². The van der Waals surface area contributed by atoms with Crippen LogP contribution in [0.1, 0.15) is 37.7 Å². The quantitative estimate of drug-likeness (QED) is 0.773. The molecule has 1 saturated heterocycles. The zero-order valence-electron chi connectivity index (χ0n) is 11.9. The van der Waals surface area contributed by atoms with Crippen LogP contribution in [0.5, 0.6) is 11.5 Å². The Morgan fingerprint density at radius 1 is 1.40 bits per heavy atom. The van der Waals surface area contributed by atoms with Gasteiger partial charge in [-0.15, -0.1) is 0 Å². The summed E-state index contributed by atoms with van der Waals surface area (Å²) >= 11 is 3.52. The molecule has 4 heteroatoms.